The molecule has 3 N–H and O–H groups in total. The number of benzene rings is 1. The van der Waals surface area contributed by atoms with Crippen LogP contribution in [0.1, 0.15) is 24.2 Å². The fraction of sp³-hybridized carbons (Fsp3) is 0.417. The molecule has 0 heterocycles. The average molecular weight is 305 g/mol. The van der Waals surface area contributed by atoms with Crippen LogP contribution >= 0.6 is 11.6 Å². The standard InChI is InChI=1S/C12H17ClN2O3S/c1-12(2,19(3,17)18)7-15-11(16)9-6-8(14)4-5-10(9)13/h4-6H,7,14H2,1-3H3,(H,15,16). The maximum absolute atomic E-state index is 11.9. The van der Waals surface area contributed by atoms with E-state index in [9.17, 15) is 13.2 Å². The van der Waals surface area contributed by atoms with Gasteiger partial charge in [0.2, 0.25) is 0 Å². The van der Waals surface area contributed by atoms with Crippen molar-refractivity contribution in [2.75, 3.05) is 18.5 Å². The van der Waals surface area contributed by atoms with Crippen molar-refractivity contribution in [3.8, 4) is 0 Å². The van der Waals surface area contributed by atoms with E-state index in [0.29, 0.717) is 5.69 Å². The molecule has 7 heteroatoms. The Hall–Kier alpha value is -1.27. The van der Waals surface area contributed by atoms with E-state index < -0.39 is 20.5 Å². The van der Waals surface area contributed by atoms with Crippen LogP contribution in [0.15, 0.2) is 18.2 Å². The summed E-state index contributed by atoms with van der Waals surface area (Å²) < 4.78 is 22.0. The van der Waals surface area contributed by atoms with Crippen molar-refractivity contribution in [3.63, 3.8) is 0 Å². The number of halogens is 1. The van der Waals surface area contributed by atoms with Gasteiger partial charge in [-0.3, -0.25) is 4.79 Å². The minimum Gasteiger partial charge on any atom is -0.399 e. The van der Waals surface area contributed by atoms with E-state index >= 15 is 0 Å². The highest BCUT2D eigenvalue weighted by molar-refractivity contribution is 7.92. The van der Waals surface area contributed by atoms with Crippen LogP contribution in [0.3, 0.4) is 0 Å². The van der Waals surface area contributed by atoms with Gasteiger partial charge in [-0.25, -0.2) is 8.42 Å². The van der Waals surface area contributed by atoms with Crippen molar-refractivity contribution in [1.82, 2.24) is 5.32 Å². The summed E-state index contributed by atoms with van der Waals surface area (Å²) in [6.07, 6.45) is 1.13. The van der Waals surface area contributed by atoms with Crippen molar-refractivity contribution in [3.05, 3.63) is 28.8 Å². The van der Waals surface area contributed by atoms with Gasteiger partial charge in [-0.05, 0) is 32.0 Å². The summed E-state index contributed by atoms with van der Waals surface area (Å²) in [4.78, 5) is 11.9. The van der Waals surface area contributed by atoms with Gasteiger partial charge in [0.05, 0.1) is 15.3 Å². The van der Waals surface area contributed by atoms with Crippen molar-refractivity contribution in [2.45, 2.75) is 18.6 Å². The van der Waals surface area contributed by atoms with E-state index in [-0.39, 0.29) is 17.1 Å². The van der Waals surface area contributed by atoms with Crippen molar-refractivity contribution in [1.29, 1.82) is 0 Å². The maximum atomic E-state index is 11.9. The molecule has 19 heavy (non-hydrogen) atoms. The Labute approximate surface area is 118 Å². The summed E-state index contributed by atoms with van der Waals surface area (Å²) in [7, 11) is -3.27. The van der Waals surface area contributed by atoms with Gasteiger partial charge in [0.1, 0.15) is 0 Å². The summed E-state index contributed by atoms with van der Waals surface area (Å²) in [6, 6.07) is 4.55. The fourth-order valence-electron chi connectivity index (χ4n) is 1.24. The third kappa shape index (κ3) is 3.84. The number of hydrogen-bond donors (Lipinski definition) is 2. The molecule has 5 nitrogen and oxygen atoms in total. The molecule has 0 saturated carbocycles. The van der Waals surface area contributed by atoms with E-state index in [1.165, 1.54) is 12.1 Å². The summed E-state index contributed by atoms with van der Waals surface area (Å²) in [5.41, 5.74) is 6.22. The van der Waals surface area contributed by atoms with E-state index in [1.807, 2.05) is 0 Å². The van der Waals surface area contributed by atoms with Crippen molar-refractivity contribution in [2.24, 2.45) is 0 Å². The zero-order chi connectivity index (χ0) is 14.8. The van der Waals surface area contributed by atoms with Crippen molar-refractivity contribution < 1.29 is 13.2 Å². The molecule has 1 aromatic rings. The first-order chi connectivity index (χ1) is 8.54. The molecule has 0 spiro atoms. The number of rotatable bonds is 4. The second-order valence-electron chi connectivity index (χ2n) is 4.95. The van der Waals surface area contributed by atoms with Crippen LogP contribution in [0.2, 0.25) is 5.02 Å². The van der Waals surface area contributed by atoms with Gasteiger partial charge >= 0.3 is 0 Å². The van der Waals surface area contributed by atoms with Gasteiger partial charge in [-0.2, -0.15) is 0 Å². The Balaban J connectivity index is 2.85. The number of carbonyl (C=O) groups excluding carboxylic acids is 1. The Kier molecular flexibility index (Phi) is 4.47. The van der Waals surface area contributed by atoms with Crippen LogP contribution in [-0.2, 0) is 9.84 Å². The molecule has 0 aliphatic heterocycles. The monoisotopic (exact) mass is 304 g/mol. The molecule has 0 fully saturated rings. The van der Waals surface area contributed by atoms with Crippen LogP contribution in [0.25, 0.3) is 0 Å². The molecule has 0 atom stereocenters. The molecular weight excluding hydrogens is 288 g/mol. The zero-order valence-electron chi connectivity index (χ0n) is 11.0. The van der Waals surface area contributed by atoms with Gasteiger partial charge in [-0.1, -0.05) is 11.6 Å². The quantitative estimate of drug-likeness (QED) is 0.824. The number of nitrogen functional groups attached to an aromatic ring is 1. The van der Waals surface area contributed by atoms with Gasteiger partial charge in [-0.15, -0.1) is 0 Å². The average Bonchev–Trinajstić information content (AvgIpc) is 2.28. The number of sulfone groups is 1. The van der Waals surface area contributed by atoms with E-state index in [1.54, 1.807) is 19.9 Å². The van der Waals surface area contributed by atoms with Gasteiger partial charge < -0.3 is 11.1 Å². The molecule has 106 valence electrons. The Morgan fingerprint density at radius 2 is 2.00 bits per heavy atom. The third-order valence-corrected chi connectivity index (χ3v) is 5.39. The molecule has 0 radical (unpaired) electrons. The second kappa shape index (κ2) is 5.38. The van der Waals surface area contributed by atoms with Crippen LogP contribution < -0.4 is 11.1 Å². The van der Waals surface area contributed by atoms with Gasteiger partial charge in [0, 0.05) is 18.5 Å². The lowest BCUT2D eigenvalue weighted by atomic mass is 10.1. The number of hydrogen-bond acceptors (Lipinski definition) is 4. The predicted molar refractivity (Wildman–Crippen MR) is 77.1 cm³/mol. The smallest absolute Gasteiger partial charge is 0.252 e. The normalized spacial score (nSPS) is 12.2. The highest BCUT2D eigenvalue weighted by Crippen LogP contribution is 2.19. The molecule has 1 rings (SSSR count). The van der Waals surface area contributed by atoms with Crippen LogP contribution in [-0.4, -0.2) is 31.9 Å². The lowest BCUT2D eigenvalue weighted by Crippen LogP contribution is -2.43. The Morgan fingerprint density at radius 1 is 1.42 bits per heavy atom. The van der Waals surface area contributed by atoms with Crippen LogP contribution in [0.4, 0.5) is 5.69 Å². The first-order valence-corrected chi connectivity index (χ1v) is 7.84. The molecule has 0 bridgehead atoms. The number of carbonyl (C=O) groups is 1. The molecule has 1 aromatic carbocycles. The zero-order valence-corrected chi connectivity index (χ0v) is 12.6. The summed E-state index contributed by atoms with van der Waals surface area (Å²) >= 11 is 5.90. The largest absolute Gasteiger partial charge is 0.399 e. The highest BCUT2D eigenvalue weighted by Gasteiger charge is 2.30. The predicted octanol–water partition coefficient (Wildman–Crippen LogP) is 1.48. The second-order valence-corrected chi connectivity index (χ2v) is 8.01. The molecule has 0 aliphatic rings. The van der Waals surface area contributed by atoms with Crippen LogP contribution in [0.5, 0.6) is 0 Å². The SMILES string of the molecule is CC(C)(CNC(=O)c1cc(N)ccc1Cl)S(C)(=O)=O. The Morgan fingerprint density at radius 3 is 2.53 bits per heavy atom. The maximum Gasteiger partial charge on any atom is 0.252 e. The van der Waals surface area contributed by atoms with Crippen molar-refractivity contribution >= 4 is 33.0 Å². The Bertz CT molecular complexity index is 597. The molecule has 0 unspecified atom stereocenters. The van der Waals surface area contributed by atoms with Gasteiger partial charge in [0.25, 0.3) is 5.91 Å². The molecular formula is C12H17ClN2O3S. The first-order valence-electron chi connectivity index (χ1n) is 5.57. The molecule has 0 aliphatic carbocycles. The molecule has 1 amide bonds. The first kappa shape index (κ1) is 15.8. The lowest BCUT2D eigenvalue weighted by Gasteiger charge is -2.22. The lowest BCUT2D eigenvalue weighted by molar-refractivity contribution is 0.0950. The summed E-state index contributed by atoms with van der Waals surface area (Å²) in [5, 5.41) is 2.82. The minimum atomic E-state index is -3.27. The number of anilines is 1. The third-order valence-electron chi connectivity index (χ3n) is 2.91. The molecule has 0 aromatic heterocycles. The summed E-state index contributed by atoms with van der Waals surface area (Å²) in [6.45, 7) is 3.09. The van der Waals surface area contributed by atoms with Gasteiger partial charge in [0.15, 0.2) is 9.84 Å². The highest BCUT2D eigenvalue weighted by atomic mass is 35.5. The van der Waals surface area contributed by atoms with E-state index in [4.69, 9.17) is 17.3 Å². The number of nitrogens with two attached hydrogens (primary N) is 1. The van der Waals surface area contributed by atoms with E-state index in [0.717, 1.165) is 6.26 Å². The van der Waals surface area contributed by atoms with Crippen LogP contribution in [0, 0.1) is 0 Å². The minimum absolute atomic E-state index is 0.00417. The topological polar surface area (TPSA) is 89.3 Å². The van der Waals surface area contributed by atoms with E-state index in [2.05, 4.69) is 5.32 Å². The number of amides is 1. The number of nitrogens with one attached hydrogen (secondary N) is 1. The fourth-order valence-corrected chi connectivity index (χ4v) is 1.77. The summed E-state index contributed by atoms with van der Waals surface area (Å²) in [5.74, 6) is -0.450. The molecule has 0 saturated heterocycles.